The zero-order chi connectivity index (χ0) is 15.4. The fraction of sp³-hybridized carbons (Fsp3) is 0.357. The van der Waals surface area contributed by atoms with Crippen LogP contribution in [0.1, 0.15) is 13.3 Å². The molecule has 1 aromatic rings. The molecule has 112 valence electrons. The minimum atomic E-state index is -0.419. The fourth-order valence-corrected chi connectivity index (χ4v) is 2.11. The van der Waals surface area contributed by atoms with Crippen molar-refractivity contribution in [1.29, 1.82) is 0 Å². The first-order valence-electron chi connectivity index (χ1n) is 6.69. The maximum atomic E-state index is 11.9. The molecule has 1 aromatic carbocycles. The number of anilines is 2. The lowest BCUT2D eigenvalue weighted by molar-refractivity contribution is -0.140. The molecule has 7 heteroatoms. The molecule has 0 bridgehead atoms. The molecule has 3 amide bonds. The van der Waals surface area contributed by atoms with Crippen LogP contribution in [0.25, 0.3) is 0 Å². The number of carbonyl (C=O) groups is 3. The van der Waals surface area contributed by atoms with Crippen LogP contribution >= 0.6 is 0 Å². The largest absolute Gasteiger partial charge is 0.397 e. The summed E-state index contributed by atoms with van der Waals surface area (Å²) < 4.78 is 0. The van der Waals surface area contributed by atoms with Crippen LogP contribution in [0, 0.1) is 0 Å². The van der Waals surface area contributed by atoms with Gasteiger partial charge in [-0.3, -0.25) is 24.6 Å². The van der Waals surface area contributed by atoms with Gasteiger partial charge < -0.3 is 11.1 Å². The number of nitrogen functional groups attached to an aromatic ring is 1. The van der Waals surface area contributed by atoms with Gasteiger partial charge in [0.05, 0.1) is 24.0 Å². The maximum Gasteiger partial charge on any atom is 0.243 e. The van der Waals surface area contributed by atoms with Gasteiger partial charge in [0.15, 0.2) is 0 Å². The minimum Gasteiger partial charge on any atom is -0.397 e. The fourth-order valence-electron chi connectivity index (χ4n) is 2.11. The first kappa shape index (κ1) is 15.0. The lowest BCUT2D eigenvalue weighted by atomic mass is 10.2. The van der Waals surface area contributed by atoms with Crippen molar-refractivity contribution in [3.05, 3.63) is 24.3 Å². The van der Waals surface area contributed by atoms with Crippen LogP contribution in [0.15, 0.2) is 24.3 Å². The summed E-state index contributed by atoms with van der Waals surface area (Å²) in [5.41, 5.74) is 6.79. The Labute approximate surface area is 122 Å². The van der Waals surface area contributed by atoms with E-state index in [1.54, 1.807) is 36.1 Å². The number of piperazine rings is 1. The quantitative estimate of drug-likeness (QED) is 0.532. The molecule has 4 N–H and O–H groups in total. The summed E-state index contributed by atoms with van der Waals surface area (Å²) in [5, 5.41) is 4.97. The van der Waals surface area contributed by atoms with Gasteiger partial charge >= 0.3 is 0 Å². The van der Waals surface area contributed by atoms with Gasteiger partial charge in [0.2, 0.25) is 17.7 Å². The Morgan fingerprint density at radius 2 is 2.14 bits per heavy atom. The summed E-state index contributed by atoms with van der Waals surface area (Å²) in [6.45, 7) is 2.15. The number of carbonyl (C=O) groups excluding carboxylic acids is 3. The smallest absolute Gasteiger partial charge is 0.243 e. The highest BCUT2D eigenvalue weighted by Gasteiger charge is 2.30. The van der Waals surface area contributed by atoms with E-state index in [0.29, 0.717) is 17.9 Å². The van der Waals surface area contributed by atoms with Crippen molar-refractivity contribution in [3.63, 3.8) is 0 Å². The first-order chi connectivity index (χ1) is 9.97. The first-order valence-corrected chi connectivity index (χ1v) is 6.69. The summed E-state index contributed by atoms with van der Waals surface area (Å²) in [6.07, 6.45) is 0.180. The highest BCUT2D eigenvalue weighted by atomic mass is 16.2. The molecule has 0 aromatic heterocycles. The van der Waals surface area contributed by atoms with Crippen molar-refractivity contribution in [1.82, 2.24) is 10.2 Å². The van der Waals surface area contributed by atoms with Gasteiger partial charge in [-0.25, -0.2) is 0 Å². The van der Waals surface area contributed by atoms with Gasteiger partial charge in [0, 0.05) is 13.0 Å². The molecule has 0 aliphatic carbocycles. The van der Waals surface area contributed by atoms with Crippen LogP contribution in [-0.4, -0.2) is 41.8 Å². The van der Waals surface area contributed by atoms with E-state index in [4.69, 9.17) is 5.73 Å². The minimum absolute atomic E-state index is 0.119. The Hall–Kier alpha value is -2.41. The van der Waals surface area contributed by atoms with Gasteiger partial charge in [-0.15, -0.1) is 0 Å². The number of hydrogen-bond donors (Lipinski definition) is 3. The third-order valence-electron chi connectivity index (χ3n) is 3.40. The van der Waals surface area contributed by atoms with Crippen LogP contribution in [0.3, 0.4) is 0 Å². The van der Waals surface area contributed by atoms with Crippen molar-refractivity contribution in [2.24, 2.45) is 0 Å². The Morgan fingerprint density at radius 3 is 2.86 bits per heavy atom. The normalized spacial score (nSPS) is 19.2. The molecule has 0 radical (unpaired) electrons. The lowest BCUT2D eigenvalue weighted by Crippen LogP contribution is -2.57. The summed E-state index contributed by atoms with van der Waals surface area (Å²) >= 11 is 0. The predicted octanol–water partition coefficient (Wildman–Crippen LogP) is -0.0557. The van der Waals surface area contributed by atoms with Crippen molar-refractivity contribution in [2.45, 2.75) is 19.4 Å². The van der Waals surface area contributed by atoms with E-state index in [2.05, 4.69) is 10.6 Å². The van der Waals surface area contributed by atoms with Gasteiger partial charge in [-0.1, -0.05) is 12.1 Å². The molecule has 7 nitrogen and oxygen atoms in total. The van der Waals surface area contributed by atoms with Gasteiger partial charge in [-0.05, 0) is 19.1 Å². The van der Waals surface area contributed by atoms with E-state index in [0.717, 1.165) is 0 Å². The second-order valence-electron chi connectivity index (χ2n) is 4.94. The molecule has 1 fully saturated rings. The van der Waals surface area contributed by atoms with Crippen molar-refractivity contribution in [3.8, 4) is 0 Å². The molecule has 1 saturated heterocycles. The van der Waals surface area contributed by atoms with Crippen molar-refractivity contribution >= 4 is 29.1 Å². The van der Waals surface area contributed by atoms with Crippen LogP contribution < -0.4 is 16.4 Å². The molecule has 21 heavy (non-hydrogen) atoms. The van der Waals surface area contributed by atoms with Crippen LogP contribution in [0.4, 0.5) is 11.4 Å². The lowest BCUT2D eigenvalue weighted by Gasteiger charge is -2.31. The van der Waals surface area contributed by atoms with E-state index < -0.39 is 6.04 Å². The number of nitrogens with zero attached hydrogens (tertiary/aromatic N) is 1. The van der Waals surface area contributed by atoms with Crippen LogP contribution in [-0.2, 0) is 14.4 Å². The SMILES string of the molecule is CC1C(=O)NC(=O)CN1CCC(=O)Nc1ccccc1N. The molecule has 1 atom stereocenters. The third kappa shape index (κ3) is 3.79. The van der Waals surface area contributed by atoms with Gasteiger partial charge in [0.25, 0.3) is 0 Å². The van der Waals surface area contributed by atoms with E-state index >= 15 is 0 Å². The summed E-state index contributed by atoms with van der Waals surface area (Å²) in [7, 11) is 0. The number of nitrogens with two attached hydrogens (primary N) is 1. The molecule has 2 rings (SSSR count). The van der Waals surface area contributed by atoms with Crippen molar-refractivity contribution in [2.75, 3.05) is 24.1 Å². The van der Waals surface area contributed by atoms with Gasteiger partial charge in [0.1, 0.15) is 0 Å². The predicted molar refractivity (Wildman–Crippen MR) is 78.3 cm³/mol. The molecule has 1 heterocycles. The van der Waals surface area contributed by atoms with E-state index in [-0.39, 0.29) is 30.7 Å². The number of rotatable bonds is 4. The number of nitrogens with one attached hydrogen (secondary N) is 2. The van der Waals surface area contributed by atoms with Gasteiger partial charge in [-0.2, -0.15) is 0 Å². The zero-order valence-corrected chi connectivity index (χ0v) is 11.8. The number of benzene rings is 1. The molecular weight excluding hydrogens is 272 g/mol. The summed E-state index contributed by atoms with van der Waals surface area (Å²) in [4.78, 5) is 36.4. The molecule has 0 saturated carbocycles. The van der Waals surface area contributed by atoms with E-state index in [1.165, 1.54) is 0 Å². The summed E-state index contributed by atoms with van der Waals surface area (Å²) in [5.74, 6) is -0.886. The Kier molecular flexibility index (Phi) is 4.54. The standard InChI is InChI=1S/C14H18N4O3/c1-9-14(21)17-13(20)8-18(9)7-6-12(19)16-11-5-3-2-4-10(11)15/h2-5,9H,6-8,15H2,1H3,(H,16,19)(H,17,20,21). The monoisotopic (exact) mass is 290 g/mol. The third-order valence-corrected chi connectivity index (χ3v) is 3.40. The Morgan fingerprint density at radius 1 is 1.43 bits per heavy atom. The highest BCUT2D eigenvalue weighted by Crippen LogP contribution is 2.17. The molecule has 1 aliphatic rings. The van der Waals surface area contributed by atoms with E-state index in [9.17, 15) is 14.4 Å². The number of imide groups is 1. The van der Waals surface area contributed by atoms with Crippen LogP contribution in [0.2, 0.25) is 0 Å². The molecular formula is C14H18N4O3. The second kappa shape index (κ2) is 6.36. The Balaban J connectivity index is 1.88. The molecule has 1 aliphatic heterocycles. The average molecular weight is 290 g/mol. The topological polar surface area (TPSA) is 105 Å². The Bertz CT molecular complexity index is 573. The number of hydrogen-bond acceptors (Lipinski definition) is 5. The number of amides is 3. The summed E-state index contributed by atoms with van der Waals surface area (Å²) in [6, 6.07) is 6.56. The van der Waals surface area contributed by atoms with Crippen molar-refractivity contribution < 1.29 is 14.4 Å². The average Bonchev–Trinajstić information content (AvgIpc) is 2.44. The highest BCUT2D eigenvalue weighted by molar-refractivity contribution is 6.01. The van der Waals surface area contributed by atoms with E-state index in [1.807, 2.05) is 0 Å². The molecule has 1 unspecified atom stereocenters. The van der Waals surface area contributed by atoms with Crippen LogP contribution in [0.5, 0.6) is 0 Å². The maximum absolute atomic E-state index is 11.9. The molecule has 0 spiro atoms. The second-order valence-corrected chi connectivity index (χ2v) is 4.94. The zero-order valence-electron chi connectivity index (χ0n) is 11.8. The number of para-hydroxylation sites is 2.